The van der Waals surface area contributed by atoms with Gasteiger partial charge in [0, 0.05) is 36.8 Å². The Morgan fingerprint density at radius 1 is 1.00 bits per heavy atom. The molecule has 46 heavy (non-hydrogen) atoms. The van der Waals surface area contributed by atoms with Crippen molar-refractivity contribution in [1.82, 2.24) is 24.7 Å². The Labute approximate surface area is 269 Å². The summed E-state index contributed by atoms with van der Waals surface area (Å²) < 4.78 is 7.87. The zero-order chi connectivity index (χ0) is 32.6. The summed E-state index contributed by atoms with van der Waals surface area (Å²) in [5.41, 5.74) is 5.39. The van der Waals surface area contributed by atoms with E-state index in [4.69, 9.17) is 4.74 Å². The van der Waals surface area contributed by atoms with E-state index in [1.807, 2.05) is 24.3 Å². The van der Waals surface area contributed by atoms with E-state index < -0.39 is 0 Å². The first-order chi connectivity index (χ1) is 22.2. The zero-order valence-corrected chi connectivity index (χ0v) is 27.3. The van der Waals surface area contributed by atoms with Gasteiger partial charge in [-0.3, -0.25) is 14.4 Å². The zero-order valence-electron chi connectivity index (χ0n) is 27.3. The lowest BCUT2D eigenvalue weighted by molar-refractivity contribution is 0.256. The van der Waals surface area contributed by atoms with E-state index in [2.05, 4.69) is 84.3 Å². The van der Waals surface area contributed by atoms with Gasteiger partial charge in [0.2, 0.25) is 0 Å². The van der Waals surface area contributed by atoms with Gasteiger partial charge in [0.05, 0.1) is 6.61 Å². The molecule has 2 N–H and O–H groups in total. The number of carbonyl (C=O) groups is 1. The Morgan fingerprint density at radius 2 is 1.78 bits per heavy atom. The van der Waals surface area contributed by atoms with E-state index in [1.54, 1.807) is 28.2 Å². The van der Waals surface area contributed by atoms with Crippen molar-refractivity contribution >= 4 is 28.4 Å². The second kappa shape index (κ2) is 14.9. The molecule has 0 fully saturated rings. The number of aromatic nitrogens is 5. The molecule has 0 radical (unpaired) electrons. The average Bonchev–Trinajstić information content (AvgIpc) is 3.57. The third-order valence-corrected chi connectivity index (χ3v) is 7.98. The number of unbranched alkanes of at least 4 members (excludes halogenated alkanes) is 1. The van der Waals surface area contributed by atoms with Crippen LogP contribution in [0.3, 0.4) is 0 Å². The molecule has 5 rings (SSSR count). The summed E-state index contributed by atoms with van der Waals surface area (Å²) in [7, 11) is 0. The third kappa shape index (κ3) is 7.62. The molecular formula is C36H43N7O3. The number of amides is 2. The predicted molar refractivity (Wildman–Crippen MR) is 184 cm³/mol. The fourth-order valence-corrected chi connectivity index (χ4v) is 5.49. The number of aromatic amines is 1. The maximum absolute atomic E-state index is 14.1. The molecule has 3 heterocycles. The van der Waals surface area contributed by atoms with Crippen molar-refractivity contribution in [3.8, 4) is 16.9 Å². The van der Waals surface area contributed by atoms with E-state index in [-0.39, 0.29) is 23.4 Å². The molecule has 0 aliphatic carbocycles. The molecular weight excluding hydrogens is 578 g/mol. The van der Waals surface area contributed by atoms with Crippen LogP contribution in [0.2, 0.25) is 0 Å². The number of carbonyl (C=O) groups excluding carboxylic acids is 1. The van der Waals surface area contributed by atoms with Crippen LogP contribution in [0.1, 0.15) is 76.8 Å². The van der Waals surface area contributed by atoms with Gasteiger partial charge in [-0.25, -0.2) is 14.8 Å². The van der Waals surface area contributed by atoms with Crippen molar-refractivity contribution in [3.63, 3.8) is 0 Å². The number of benzene rings is 2. The van der Waals surface area contributed by atoms with Gasteiger partial charge in [-0.05, 0) is 83.0 Å². The molecule has 0 bridgehead atoms. The molecule has 10 nitrogen and oxygen atoms in total. The maximum Gasteiger partial charge on any atom is 0.326 e. The number of anilines is 2. The Balaban J connectivity index is 1.44. The Bertz CT molecular complexity index is 1800. The van der Waals surface area contributed by atoms with E-state index in [0.717, 1.165) is 64.9 Å². The average molecular weight is 622 g/mol. The van der Waals surface area contributed by atoms with Crippen LogP contribution >= 0.6 is 0 Å². The number of hydrogen-bond acceptors (Lipinski definition) is 6. The van der Waals surface area contributed by atoms with Gasteiger partial charge in [0.25, 0.3) is 5.56 Å². The van der Waals surface area contributed by atoms with Crippen LogP contribution in [0.25, 0.3) is 22.2 Å². The van der Waals surface area contributed by atoms with Gasteiger partial charge >= 0.3 is 6.03 Å². The van der Waals surface area contributed by atoms with Crippen molar-refractivity contribution in [2.45, 2.75) is 72.3 Å². The first kappa shape index (κ1) is 32.4. The van der Waals surface area contributed by atoms with Gasteiger partial charge in [-0.1, -0.05) is 53.2 Å². The summed E-state index contributed by atoms with van der Waals surface area (Å²) >= 11 is 0. The minimum Gasteiger partial charge on any atom is -0.494 e. The standard InChI is InChI=1S/C36H43N7O3/c1-6-7-16-43(32-21-27-12-9-14-38-34(27)41-35(32)44)36(45)40-33-30(24(2)3)19-28(20-31(33)25(4)5)26-11-8-13-29(18-26)46-17-10-15-42-23-37-22-39-42/h8-9,11-14,18-25H,6-7,10,15-17H2,1-5H3,(H,40,45)(H,38,41,44). The van der Waals surface area contributed by atoms with Gasteiger partial charge in [0.1, 0.15) is 29.7 Å². The lowest BCUT2D eigenvalue weighted by Crippen LogP contribution is -2.39. The number of hydrogen-bond donors (Lipinski definition) is 2. The molecule has 2 amide bonds. The SMILES string of the molecule is CCCCN(C(=O)Nc1c(C(C)C)cc(-c2cccc(OCCCn3cncn3)c2)cc1C(C)C)c1cc2cccnc2[nH]c1=O. The summed E-state index contributed by atoms with van der Waals surface area (Å²) in [6, 6.07) is 17.5. The van der Waals surface area contributed by atoms with Crippen LogP contribution in [0, 0.1) is 0 Å². The number of aryl methyl sites for hydroxylation is 1. The highest BCUT2D eigenvalue weighted by Gasteiger charge is 2.24. The number of pyridine rings is 2. The number of urea groups is 1. The molecule has 3 aromatic heterocycles. The van der Waals surface area contributed by atoms with Gasteiger partial charge < -0.3 is 15.0 Å². The smallest absolute Gasteiger partial charge is 0.326 e. The number of nitrogens with zero attached hydrogens (tertiary/aromatic N) is 5. The highest BCUT2D eigenvalue weighted by molar-refractivity contribution is 6.03. The van der Waals surface area contributed by atoms with Crippen molar-refractivity contribution in [2.75, 3.05) is 23.4 Å². The molecule has 0 saturated heterocycles. The molecule has 0 unspecified atom stereocenters. The molecule has 0 aliphatic rings. The lowest BCUT2D eigenvalue weighted by Gasteiger charge is -2.27. The van der Waals surface area contributed by atoms with Gasteiger partial charge in [-0.15, -0.1) is 0 Å². The van der Waals surface area contributed by atoms with Gasteiger partial charge in [0.15, 0.2) is 0 Å². The quantitative estimate of drug-likeness (QED) is 0.130. The lowest BCUT2D eigenvalue weighted by atomic mass is 9.88. The van der Waals surface area contributed by atoms with Crippen LogP contribution in [-0.4, -0.2) is 43.9 Å². The van der Waals surface area contributed by atoms with E-state index >= 15 is 0 Å². The van der Waals surface area contributed by atoms with Crippen LogP contribution in [0.5, 0.6) is 5.75 Å². The largest absolute Gasteiger partial charge is 0.494 e. The number of ether oxygens (including phenoxy) is 1. The highest BCUT2D eigenvalue weighted by atomic mass is 16.5. The van der Waals surface area contributed by atoms with E-state index in [1.165, 1.54) is 6.33 Å². The maximum atomic E-state index is 14.1. The van der Waals surface area contributed by atoms with E-state index in [0.29, 0.717) is 24.5 Å². The Kier molecular flexibility index (Phi) is 10.5. The van der Waals surface area contributed by atoms with E-state index in [9.17, 15) is 9.59 Å². The first-order valence-corrected chi connectivity index (χ1v) is 16.0. The minimum absolute atomic E-state index is 0.128. The Hall–Kier alpha value is -4.99. The van der Waals surface area contributed by atoms with Crippen LogP contribution in [0.4, 0.5) is 16.2 Å². The van der Waals surface area contributed by atoms with Gasteiger partial charge in [-0.2, -0.15) is 5.10 Å². The molecule has 0 spiro atoms. The summed E-state index contributed by atoms with van der Waals surface area (Å²) in [6.45, 7) is 12.3. The predicted octanol–water partition coefficient (Wildman–Crippen LogP) is 7.74. The topological polar surface area (TPSA) is 118 Å². The number of nitrogens with one attached hydrogen (secondary N) is 2. The van der Waals surface area contributed by atoms with Crippen molar-refractivity contribution in [1.29, 1.82) is 0 Å². The van der Waals surface area contributed by atoms with Crippen LogP contribution in [0.15, 0.2) is 78.2 Å². The molecule has 0 saturated carbocycles. The Morgan fingerprint density at radius 3 is 2.48 bits per heavy atom. The summed E-state index contributed by atoms with van der Waals surface area (Å²) in [4.78, 5) is 39.9. The second-order valence-corrected chi connectivity index (χ2v) is 12.1. The molecule has 5 aromatic rings. The normalized spacial score (nSPS) is 11.4. The molecule has 2 aromatic carbocycles. The van der Waals surface area contributed by atoms with Crippen molar-refractivity contribution in [2.24, 2.45) is 0 Å². The summed E-state index contributed by atoms with van der Waals surface area (Å²) in [5.74, 6) is 1.06. The molecule has 240 valence electrons. The summed E-state index contributed by atoms with van der Waals surface area (Å²) in [6.07, 6.45) is 7.32. The summed E-state index contributed by atoms with van der Waals surface area (Å²) in [5, 5.41) is 8.15. The van der Waals surface area contributed by atoms with Crippen molar-refractivity contribution < 1.29 is 9.53 Å². The first-order valence-electron chi connectivity index (χ1n) is 16.0. The number of H-pyrrole nitrogens is 1. The number of fused-ring (bicyclic) bond motifs is 1. The van der Waals surface area contributed by atoms with Crippen LogP contribution in [-0.2, 0) is 6.54 Å². The fraction of sp³-hybridized carbons (Fsp3) is 0.361. The molecule has 0 atom stereocenters. The van der Waals surface area contributed by atoms with Crippen LogP contribution < -0.4 is 20.5 Å². The second-order valence-electron chi connectivity index (χ2n) is 12.1. The molecule has 10 heteroatoms. The fourth-order valence-electron chi connectivity index (χ4n) is 5.49. The monoisotopic (exact) mass is 621 g/mol. The third-order valence-electron chi connectivity index (χ3n) is 7.98. The van der Waals surface area contributed by atoms with Crippen molar-refractivity contribution in [3.05, 3.63) is 94.9 Å². The highest BCUT2D eigenvalue weighted by Crippen LogP contribution is 2.38. The minimum atomic E-state index is -0.346. The molecule has 0 aliphatic heterocycles. The number of rotatable bonds is 13.